The van der Waals surface area contributed by atoms with E-state index in [0.717, 1.165) is 22.6 Å². The zero-order valence-electron chi connectivity index (χ0n) is 17.8. The van der Waals surface area contributed by atoms with Crippen molar-refractivity contribution >= 4 is 38.4 Å². The molecule has 2 saturated heterocycles. The number of carbonyl (C=O) groups excluding carboxylic acids is 1. The summed E-state index contributed by atoms with van der Waals surface area (Å²) in [6.07, 6.45) is 0.182. The van der Waals surface area contributed by atoms with Crippen LogP contribution < -0.4 is 9.64 Å². The first-order valence-corrected chi connectivity index (χ1v) is 13.0. The van der Waals surface area contributed by atoms with E-state index < -0.39 is 9.84 Å². The number of methoxy groups -OCH3 is 1. The van der Waals surface area contributed by atoms with Crippen LogP contribution in [-0.4, -0.2) is 49.4 Å². The Morgan fingerprint density at radius 1 is 1.16 bits per heavy atom. The van der Waals surface area contributed by atoms with Crippen molar-refractivity contribution in [2.75, 3.05) is 23.5 Å². The Morgan fingerprint density at radius 2 is 1.87 bits per heavy atom. The van der Waals surface area contributed by atoms with Crippen molar-refractivity contribution in [3.8, 4) is 5.75 Å². The maximum Gasteiger partial charge on any atom is 0.252 e. The van der Waals surface area contributed by atoms with Crippen molar-refractivity contribution in [1.82, 2.24) is 0 Å². The van der Waals surface area contributed by atoms with Crippen molar-refractivity contribution in [2.24, 2.45) is 4.99 Å². The number of hydrogen-bond acceptors (Lipinski definition) is 5. The molecule has 2 aliphatic rings. The third-order valence-electron chi connectivity index (χ3n) is 5.62. The van der Waals surface area contributed by atoms with Gasteiger partial charge in [-0.15, -0.1) is 0 Å². The normalized spacial score (nSPS) is 23.4. The van der Waals surface area contributed by atoms with Crippen molar-refractivity contribution in [3.05, 3.63) is 59.7 Å². The molecule has 2 aliphatic heterocycles. The topological polar surface area (TPSA) is 76.0 Å². The Balaban J connectivity index is 1.66. The molecule has 0 radical (unpaired) electrons. The molecule has 31 heavy (non-hydrogen) atoms. The molecule has 164 valence electrons. The van der Waals surface area contributed by atoms with Crippen LogP contribution in [0.25, 0.3) is 0 Å². The van der Waals surface area contributed by atoms with E-state index in [-0.39, 0.29) is 41.0 Å². The number of sulfone groups is 1. The van der Waals surface area contributed by atoms with Gasteiger partial charge in [0.1, 0.15) is 5.75 Å². The van der Waals surface area contributed by atoms with E-state index in [2.05, 4.69) is 24.9 Å². The van der Waals surface area contributed by atoms with Gasteiger partial charge in [-0.05, 0) is 35.2 Å². The minimum atomic E-state index is -3.10. The van der Waals surface area contributed by atoms with Crippen LogP contribution in [0.5, 0.6) is 5.75 Å². The average Bonchev–Trinajstić information content (AvgIpc) is 3.19. The lowest BCUT2D eigenvalue weighted by atomic mass is 9.99. The van der Waals surface area contributed by atoms with Crippen LogP contribution in [-0.2, 0) is 21.1 Å². The SMILES string of the molecule is COc1ccc(CC(=O)N=C2S[C@@H]3CS(=O)(=O)C[C@@H]3N2c2ccccc2C(C)C)cc1. The Kier molecular flexibility index (Phi) is 6.12. The largest absolute Gasteiger partial charge is 0.497 e. The van der Waals surface area contributed by atoms with E-state index in [1.165, 1.54) is 11.8 Å². The van der Waals surface area contributed by atoms with E-state index in [1.54, 1.807) is 7.11 Å². The van der Waals surface area contributed by atoms with E-state index in [0.29, 0.717) is 5.17 Å². The quantitative estimate of drug-likeness (QED) is 0.681. The van der Waals surface area contributed by atoms with Gasteiger partial charge in [0.15, 0.2) is 15.0 Å². The summed E-state index contributed by atoms with van der Waals surface area (Å²) < 4.78 is 29.8. The second-order valence-electron chi connectivity index (χ2n) is 8.20. The van der Waals surface area contributed by atoms with Gasteiger partial charge in [0.25, 0.3) is 5.91 Å². The summed E-state index contributed by atoms with van der Waals surface area (Å²) in [4.78, 5) is 19.2. The summed E-state index contributed by atoms with van der Waals surface area (Å²) >= 11 is 1.41. The van der Waals surface area contributed by atoms with Gasteiger partial charge in [0.05, 0.1) is 31.1 Å². The van der Waals surface area contributed by atoms with E-state index >= 15 is 0 Å². The van der Waals surface area contributed by atoms with Gasteiger partial charge in [0, 0.05) is 10.9 Å². The lowest BCUT2D eigenvalue weighted by Crippen LogP contribution is -2.38. The molecular formula is C23H26N2O4S2. The van der Waals surface area contributed by atoms with E-state index in [1.807, 2.05) is 47.4 Å². The molecule has 2 heterocycles. The minimum absolute atomic E-state index is 0.0861. The number of thioether (sulfide) groups is 1. The number of ether oxygens (including phenoxy) is 1. The first-order chi connectivity index (χ1) is 14.8. The third kappa shape index (κ3) is 4.65. The molecule has 2 fully saturated rings. The van der Waals surface area contributed by atoms with Crippen LogP contribution in [0.2, 0.25) is 0 Å². The lowest BCUT2D eigenvalue weighted by Gasteiger charge is -2.28. The van der Waals surface area contributed by atoms with E-state index in [4.69, 9.17) is 4.74 Å². The maximum absolute atomic E-state index is 12.8. The summed E-state index contributed by atoms with van der Waals surface area (Å²) in [6, 6.07) is 15.1. The number of amidine groups is 1. The first-order valence-electron chi connectivity index (χ1n) is 10.3. The van der Waals surface area contributed by atoms with Crippen molar-refractivity contribution in [2.45, 2.75) is 37.5 Å². The van der Waals surface area contributed by atoms with Crippen LogP contribution in [0.3, 0.4) is 0 Å². The molecule has 1 amide bonds. The van der Waals surface area contributed by atoms with Crippen LogP contribution in [0.4, 0.5) is 5.69 Å². The Labute approximate surface area is 187 Å². The van der Waals surface area contributed by atoms with Gasteiger partial charge in [-0.1, -0.05) is 55.9 Å². The van der Waals surface area contributed by atoms with Gasteiger partial charge in [-0.3, -0.25) is 4.79 Å². The number of benzene rings is 2. The monoisotopic (exact) mass is 458 g/mol. The second kappa shape index (κ2) is 8.67. The standard InChI is InChI=1S/C23H26N2O4S2/c1-15(2)18-6-4-5-7-19(18)25-20-13-31(27,28)14-21(20)30-23(25)24-22(26)12-16-8-10-17(29-3)11-9-16/h4-11,15,20-21H,12-14H2,1-3H3/t20-,21+/m0/s1. The Morgan fingerprint density at radius 3 is 2.55 bits per heavy atom. The van der Waals surface area contributed by atoms with Crippen molar-refractivity contribution in [3.63, 3.8) is 0 Å². The summed E-state index contributed by atoms with van der Waals surface area (Å²) in [6.45, 7) is 4.22. The fourth-order valence-corrected chi connectivity index (χ4v) is 8.03. The highest BCUT2D eigenvalue weighted by atomic mass is 32.2. The smallest absolute Gasteiger partial charge is 0.252 e. The molecule has 0 N–H and O–H groups in total. The summed E-state index contributed by atoms with van der Waals surface area (Å²) in [5.41, 5.74) is 2.91. The zero-order chi connectivity index (χ0) is 22.2. The van der Waals surface area contributed by atoms with Crippen LogP contribution in [0.1, 0.15) is 30.9 Å². The number of amides is 1. The van der Waals surface area contributed by atoms with Gasteiger partial charge in [0.2, 0.25) is 0 Å². The molecule has 8 heteroatoms. The molecule has 6 nitrogen and oxygen atoms in total. The number of rotatable bonds is 5. The number of aliphatic imine (C=N–C) groups is 1. The fraction of sp³-hybridized carbons (Fsp3) is 0.391. The third-order valence-corrected chi connectivity index (χ3v) is 8.83. The predicted octanol–water partition coefficient (Wildman–Crippen LogP) is 3.66. The van der Waals surface area contributed by atoms with Crippen LogP contribution in [0.15, 0.2) is 53.5 Å². The lowest BCUT2D eigenvalue weighted by molar-refractivity contribution is -0.117. The minimum Gasteiger partial charge on any atom is -0.497 e. The fourth-order valence-electron chi connectivity index (χ4n) is 4.11. The summed E-state index contributed by atoms with van der Waals surface area (Å²) in [5, 5.41) is 0.481. The van der Waals surface area contributed by atoms with Gasteiger partial charge >= 0.3 is 0 Å². The maximum atomic E-state index is 12.8. The number of hydrogen-bond donors (Lipinski definition) is 0. The molecule has 0 bridgehead atoms. The molecule has 0 spiro atoms. The van der Waals surface area contributed by atoms with Gasteiger partial charge < -0.3 is 9.64 Å². The Bertz CT molecular complexity index is 1110. The number of nitrogens with zero attached hydrogens (tertiary/aromatic N) is 2. The Hall–Kier alpha value is -2.32. The molecular weight excluding hydrogens is 432 g/mol. The van der Waals surface area contributed by atoms with Crippen LogP contribution in [0, 0.1) is 0 Å². The highest BCUT2D eigenvalue weighted by Crippen LogP contribution is 2.43. The van der Waals surface area contributed by atoms with Crippen molar-refractivity contribution in [1.29, 1.82) is 0 Å². The molecule has 0 unspecified atom stereocenters. The molecule has 2 aromatic rings. The predicted molar refractivity (Wildman–Crippen MR) is 126 cm³/mol. The number of carbonyl (C=O) groups is 1. The van der Waals surface area contributed by atoms with Crippen molar-refractivity contribution < 1.29 is 17.9 Å². The second-order valence-corrected chi connectivity index (χ2v) is 11.6. The first kappa shape index (κ1) is 21.9. The molecule has 2 atom stereocenters. The van der Waals surface area contributed by atoms with E-state index in [9.17, 15) is 13.2 Å². The summed E-state index contributed by atoms with van der Waals surface area (Å²) in [7, 11) is -1.50. The number of fused-ring (bicyclic) bond motifs is 1. The highest BCUT2D eigenvalue weighted by Gasteiger charge is 2.49. The highest BCUT2D eigenvalue weighted by molar-refractivity contribution is 8.16. The van der Waals surface area contributed by atoms with Gasteiger partial charge in [-0.25, -0.2) is 8.42 Å². The van der Waals surface area contributed by atoms with Crippen LogP contribution >= 0.6 is 11.8 Å². The number of para-hydroxylation sites is 1. The summed E-state index contributed by atoms with van der Waals surface area (Å²) in [5.74, 6) is 0.952. The molecule has 0 aromatic heterocycles. The van der Waals surface area contributed by atoms with Gasteiger partial charge in [-0.2, -0.15) is 4.99 Å². The zero-order valence-corrected chi connectivity index (χ0v) is 19.4. The molecule has 4 rings (SSSR count). The molecule has 0 aliphatic carbocycles. The number of anilines is 1. The average molecular weight is 459 g/mol. The molecule has 0 saturated carbocycles. The molecule has 2 aromatic carbocycles.